The van der Waals surface area contributed by atoms with Crippen molar-refractivity contribution in [1.29, 1.82) is 0 Å². The van der Waals surface area contributed by atoms with E-state index in [9.17, 15) is 0 Å². The summed E-state index contributed by atoms with van der Waals surface area (Å²) < 4.78 is 0. The summed E-state index contributed by atoms with van der Waals surface area (Å²) in [5, 5.41) is 0. The van der Waals surface area contributed by atoms with Crippen LogP contribution in [0.2, 0.25) is 0 Å². The third-order valence-corrected chi connectivity index (χ3v) is 16.9. The van der Waals surface area contributed by atoms with Gasteiger partial charge in [0.05, 0.1) is 5.41 Å². The van der Waals surface area contributed by atoms with Crippen LogP contribution in [0, 0.1) is 0 Å². The number of benzene rings is 10. The van der Waals surface area contributed by atoms with Gasteiger partial charge in [0.2, 0.25) is 0 Å². The second-order valence-corrected chi connectivity index (χ2v) is 20.6. The Kier molecular flexibility index (Phi) is 10.3. The molecule has 0 bridgehead atoms. The van der Waals surface area contributed by atoms with Crippen LogP contribution in [-0.4, -0.2) is 0 Å². The lowest BCUT2D eigenvalue weighted by Crippen LogP contribution is -2.28. The van der Waals surface area contributed by atoms with Crippen molar-refractivity contribution in [3.63, 3.8) is 0 Å². The molecule has 0 N–H and O–H groups in total. The van der Waals surface area contributed by atoms with Gasteiger partial charge in [-0.3, -0.25) is 0 Å². The maximum absolute atomic E-state index is 2.50. The summed E-state index contributed by atoms with van der Waals surface area (Å²) in [6.07, 6.45) is 6.72. The van der Waals surface area contributed by atoms with Gasteiger partial charge in [0, 0.05) is 27.9 Å². The summed E-state index contributed by atoms with van der Waals surface area (Å²) in [4.78, 5) is 2.43. The average molecular weight is 924 g/mol. The number of anilines is 3. The molecule has 3 aliphatic rings. The van der Waals surface area contributed by atoms with Gasteiger partial charge in [-0.25, -0.2) is 0 Å². The Morgan fingerprint density at radius 1 is 0.361 bits per heavy atom. The molecule has 346 valence electrons. The van der Waals surface area contributed by atoms with Crippen LogP contribution in [0.4, 0.5) is 17.1 Å². The number of hydrogen-bond donors (Lipinski definition) is 0. The molecule has 0 aromatic heterocycles. The number of rotatable bonds is 10. The number of hydrogen-bond acceptors (Lipinski definition) is 1. The fraction of sp³-hybridized carbons (Fsp3) is 0.127. The topological polar surface area (TPSA) is 3.24 Å². The second-order valence-electron chi connectivity index (χ2n) is 20.6. The van der Waals surface area contributed by atoms with E-state index < -0.39 is 5.41 Å². The zero-order valence-corrected chi connectivity index (χ0v) is 41.5. The maximum atomic E-state index is 2.50. The summed E-state index contributed by atoms with van der Waals surface area (Å²) in [5.74, 6) is 0. The van der Waals surface area contributed by atoms with Crippen LogP contribution >= 0.6 is 0 Å². The fourth-order valence-corrected chi connectivity index (χ4v) is 13.3. The normalized spacial score (nSPS) is 14.8. The lowest BCUT2D eigenvalue weighted by atomic mass is 9.67. The Hall–Kier alpha value is -8.26. The van der Waals surface area contributed by atoms with Crippen molar-refractivity contribution in [3.05, 3.63) is 292 Å². The minimum atomic E-state index is -0.425. The van der Waals surface area contributed by atoms with Crippen LogP contribution in [0.3, 0.4) is 0 Å². The van der Waals surface area contributed by atoms with Crippen molar-refractivity contribution in [1.82, 2.24) is 0 Å². The van der Waals surface area contributed by atoms with Gasteiger partial charge in [-0.15, -0.1) is 0 Å². The molecule has 0 atom stereocenters. The van der Waals surface area contributed by atoms with E-state index in [4.69, 9.17) is 0 Å². The molecule has 3 aliphatic carbocycles. The third-order valence-electron chi connectivity index (χ3n) is 16.9. The lowest BCUT2D eigenvalue weighted by Gasteiger charge is -2.33. The van der Waals surface area contributed by atoms with E-state index in [0.29, 0.717) is 0 Å². The van der Waals surface area contributed by atoms with E-state index in [-0.39, 0.29) is 10.8 Å². The zero-order chi connectivity index (χ0) is 48.6. The van der Waals surface area contributed by atoms with Gasteiger partial charge in [0.25, 0.3) is 0 Å². The summed E-state index contributed by atoms with van der Waals surface area (Å²) in [5.41, 5.74) is 26.7. The summed E-state index contributed by atoms with van der Waals surface area (Å²) in [7, 11) is 0. The van der Waals surface area contributed by atoms with Gasteiger partial charge in [-0.1, -0.05) is 234 Å². The zero-order valence-electron chi connectivity index (χ0n) is 41.5. The highest BCUT2D eigenvalue weighted by molar-refractivity contribution is 5.94. The maximum Gasteiger partial charge on any atom is 0.0713 e. The second kappa shape index (κ2) is 17.0. The Labute approximate surface area is 425 Å². The Bertz CT molecular complexity index is 3680. The largest absolute Gasteiger partial charge is 0.310 e. The predicted molar refractivity (Wildman–Crippen MR) is 304 cm³/mol. The highest BCUT2D eigenvalue weighted by Gasteiger charge is 2.47. The molecule has 0 radical (unpaired) electrons. The van der Waals surface area contributed by atoms with E-state index in [1.54, 1.807) is 0 Å². The van der Waals surface area contributed by atoms with E-state index in [2.05, 4.69) is 281 Å². The predicted octanol–water partition coefficient (Wildman–Crippen LogP) is 18.7. The standard InChI is InChI=1S/C71H57N/c1-5-70(6-2)66-45-48(33-35-50-21-20-32-64-68(50)61-29-17-19-31-63(61)71(64,52-22-10-7-11-23-52)53-24-12-8-13-25-53)34-42-59(66)60-44-41-56(47-67(60)70)72(54-26-14-9-15-27-54)55-39-36-49(37-40-55)51-38-43-58-57-28-16-18-30-62(57)69(3,4)65(58)46-51/h7-47H,5-6H2,1-4H3. The van der Waals surface area contributed by atoms with E-state index in [0.717, 1.165) is 24.2 Å². The van der Waals surface area contributed by atoms with E-state index in [1.807, 2.05) is 0 Å². The Morgan fingerprint density at radius 3 is 1.57 bits per heavy atom. The van der Waals surface area contributed by atoms with Gasteiger partial charge >= 0.3 is 0 Å². The van der Waals surface area contributed by atoms with Crippen LogP contribution in [0.5, 0.6) is 0 Å². The molecule has 0 saturated heterocycles. The minimum absolute atomic E-state index is 0.0417. The van der Waals surface area contributed by atoms with Crippen LogP contribution < -0.4 is 4.90 Å². The fourth-order valence-electron chi connectivity index (χ4n) is 13.3. The third kappa shape index (κ3) is 6.46. The van der Waals surface area contributed by atoms with E-state index >= 15 is 0 Å². The molecule has 1 heteroatoms. The molecule has 0 saturated carbocycles. The number of nitrogens with zero attached hydrogens (tertiary/aromatic N) is 1. The molecular weight excluding hydrogens is 867 g/mol. The van der Waals surface area contributed by atoms with Gasteiger partial charge in [0.15, 0.2) is 0 Å². The molecule has 0 unspecified atom stereocenters. The first-order valence-corrected chi connectivity index (χ1v) is 25.9. The average Bonchev–Trinajstić information content (AvgIpc) is 3.99. The quantitative estimate of drug-likeness (QED) is 0.124. The van der Waals surface area contributed by atoms with E-state index in [1.165, 1.54) is 106 Å². The molecule has 0 heterocycles. The van der Waals surface area contributed by atoms with Crippen LogP contribution in [-0.2, 0) is 16.2 Å². The van der Waals surface area contributed by atoms with Crippen LogP contribution in [0.15, 0.2) is 237 Å². The molecule has 1 nitrogen and oxygen atoms in total. The molecule has 0 amide bonds. The molecule has 10 aromatic rings. The Morgan fingerprint density at radius 2 is 0.875 bits per heavy atom. The van der Waals surface area contributed by atoms with Gasteiger partial charge in [0.1, 0.15) is 0 Å². The van der Waals surface area contributed by atoms with Gasteiger partial charge in [-0.05, 0) is 155 Å². The Balaban J connectivity index is 0.856. The van der Waals surface area contributed by atoms with Crippen molar-refractivity contribution >= 4 is 29.2 Å². The first-order chi connectivity index (χ1) is 35.3. The monoisotopic (exact) mass is 923 g/mol. The van der Waals surface area contributed by atoms with Crippen molar-refractivity contribution in [2.75, 3.05) is 4.90 Å². The highest BCUT2D eigenvalue weighted by Crippen LogP contribution is 2.58. The summed E-state index contributed by atoms with van der Waals surface area (Å²) >= 11 is 0. The summed E-state index contributed by atoms with van der Waals surface area (Å²) in [6.45, 7) is 9.47. The van der Waals surface area contributed by atoms with Crippen molar-refractivity contribution in [2.45, 2.75) is 56.8 Å². The first kappa shape index (κ1) is 43.7. The molecule has 10 aromatic carbocycles. The first-order valence-electron chi connectivity index (χ1n) is 25.9. The minimum Gasteiger partial charge on any atom is -0.310 e. The molecule has 0 spiro atoms. The smallest absolute Gasteiger partial charge is 0.0713 e. The summed E-state index contributed by atoms with van der Waals surface area (Å²) in [6, 6.07) is 88.5. The van der Waals surface area contributed by atoms with Crippen LogP contribution in [0.1, 0.15) is 96.2 Å². The molecular formula is C71H57N. The SMILES string of the molecule is CCC1(CC)c2cc(C=Cc3cccc4c3-c3ccccc3C4(c3ccccc3)c3ccccc3)ccc2-c2ccc(N(c3ccccc3)c3ccc(-c4ccc5c(c4)C(C)(C)c4ccccc4-5)cc3)cc21. The van der Waals surface area contributed by atoms with Gasteiger partial charge < -0.3 is 4.90 Å². The van der Waals surface area contributed by atoms with Crippen molar-refractivity contribution in [2.24, 2.45) is 0 Å². The van der Waals surface area contributed by atoms with Gasteiger partial charge in [-0.2, -0.15) is 0 Å². The molecule has 72 heavy (non-hydrogen) atoms. The van der Waals surface area contributed by atoms with Crippen molar-refractivity contribution < 1.29 is 0 Å². The molecule has 0 aliphatic heterocycles. The lowest BCUT2D eigenvalue weighted by molar-refractivity contribution is 0.490. The molecule has 13 rings (SSSR count). The molecule has 0 fully saturated rings. The van der Waals surface area contributed by atoms with Crippen molar-refractivity contribution in [3.8, 4) is 44.5 Å². The highest BCUT2D eigenvalue weighted by atomic mass is 15.1. The van der Waals surface area contributed by atoms with Crippen LogP contribution in [0.25, 0.3) is 56.7 Å². The number of para-hydroxylation sites is 1. The number of fused-ring (bicyclic) bond motifs is 9.